The van der Waals surface area contributed by atoms with E-state index in [0.717, 1.165) is 28.9 Å². The van der Waals surface area contributed by atoms with Crippen LogP contribution in [0.2, 0.25) is 0 Å². The molecule has 0 aliphatic carbocycles. The molecule has 1 unspecified atom stereocenters. The largest absolute Gasteiger partial charge is 0.493 e. The molecule has 0 radical (unpaired) electrons. The maximum atomic E-state index is 13.2. The number of hydrogen-bond donors (Lipinski definition) is 0. The first-order valence-electron chi connectivity index (χ1n) is 7.45. The molecule has 2 aromatic rings. The Morgan fingerprint density at radius 2 is 2.00 bits per heavy atom. The fourth-order valence-corrected chi connectivity index (χ4v) is 2.36. The number of hydrogen-bond acceptors (Lipinski definition) is 2. The van der Waals surface area contributed by atoms with Gasteiger partial charge in [-0.15, -0.1) is 0 Å². The molecular weight excluding hydrogens is 277 g/mol. The van der Waals surface area contributed by atoms with E-state index in [0.29, 0.717) is 13.0 Å². The van der Waals surface area contributed by atoms with Crippen LogP contribution >= 0.6 is 0 Å². The SMILES string of the molecule is Cc1ccc(C)c(OCCCC(C#N)c2cccc(F)c2)c1. The van der Waals surface area contributed by atoms with Gasteiger partial charge in [0.2, 0.25) is 0 Å². The molecule has 0 aliphatic rings. The van der Waals surface area contributed by atoms with Gasteiger partial charge in [0, 0.05) is 0 Å². The molecule has 0 aliphatic heterocycles. The molecule has 0 spiro atoms. The molecule has 0 saturated heterocycles. The molecular formula is C19H20FNO. The van der Waals surface area contributed by atoms with Crippen molar-refractivity contribution in [1.82, 2.24) is 0 Å². The second kappa shape index (κ2) is 7.61. The number of benzene rings is 2. The Bertz CT molecular complexity index is 675. The Morgan fingerprint density at radius 3 is 2.73 bits per heavy atom. The van der Waals surface area contributed by atoms with Crippen molar-refractivity contribution in [3.05, 3.63) is 65.0 Å². The van der Waals surface area contributed by atoms with E-state index in [1.54, 1.807) is 12.1 Å². The highest BCUT2D eigenvalue weighted by Gasteiger charge is 2.11. The minimum absolute atomic E-state index is 0.294. The fourth-order valence-electron chi connectivity index (χ4n) is 2.36. The molecule has 2 rings (SSSR count). The van der Waals surface area contributed by atoms with E-state index >= 15 is 0 Å². The van der Waals surface area contributed by atoms with Crippen LogP contribution in [0.3, 0.4) is 0 Å². The lowest BCUT2D eigenvalue weighted by Gasteiger charge is -2.12. The molecule has 0 heterocycles. The first-order valence-corrected chi connectivity index (χ1v) is 7.45. The van der Waals surface area contributed by atoms with Gasteiger partial charge in [-0.1, -0.05) is 24.3 Å². The van der Waals surface area contributed by atoms with Gasteiger partial charge in [-0.2, -0.15) is 5.26 Å². The van der Waals surface area contributed by atoms with Gasteiger partial charge in [0.15, 0.2) is 0 Å². The summed E-state index contributed by atoms with van der Waals surface area (Å²) in [6.07, 6.45) is 1.41. The van der Waals surface area contributed by atoms with E-state index in [2.05, 4.69) is 12.1 Å². The summed E-state index contributed by atoms with van der Waals surface area (Å²) < 4.78 is 19.0. The van der Waals surface area contributed by atoms with E-state index in [1.807, 2.05) is 26.0 Å². The van der Waals surface area contributed by atoms with Gasteiger partial charge in [0.1, 0.15) is 11.6 Å². The highest BCUT2D eigenvalue weighted by molar-refractivity contribution is 5.35. The van der Waals surface area contributed by atoms with Crippen molar-refractivity contribution in [2.24, 2.45) is 0 Å². The average molecular weight is 297 g/mol. The van der Waals surface area contributed by atoms with Crippen molar-refractivity contribution in [1.29, 1.82) is 5.26 Å². The highest BCUT2D eigenvalue weighted by Crippen LogP contribution is 2.23. The number of ether oxygens (including phenoxy) is 1. The third-order valence-corrected chi connectivity index (χ3v) is 3.65. The Labute approximate surface area is 131 Å². The van der Waals surface area contributed by atoms with Gasteiger partial charge >= 0.3 is 0 Å². The number of nitrogens with zero attached hydrogens (tertiary/aromatic N) is 1. The lowest BCUT2D eigenvalue weighted by atomic mass is 9.96. The van der Waals surface area contributed by atoms with Crippen LogP contribution in [0, 0.1) is 31.0 Å². The third kappa shape index (κ3) is 4.33. The monoisotopic (exact) mass is 297 g/mol. The summed E-state index contributed by atoms with van der Waals surface area (Å²) >= 11 is 0. The average Bonchev–Trinajstić information content (AvgIpc) is 2.50. The Hall–Kier alpha value is -2.34. The first-order chi connectivity index (χ1) is 10.6. The van der Waals surface area contributed by atoms with Crippen LogP contribution in [0.15, 0.2) is 42.5 Å². The maximum Gasteiger partial charge on any atom is 0.123 e. The molecule has 3 heteroatoms. The molecule has 2 aromatic carbocycles. The summed E-state index contributed by atoms with van der Waals surface area (Å²) in [4.78, 5) is 0. The van der Waals surface area contributed by atoms with Gasteiger partial charge in [0.25, 0.3) is 0 Å². The zero-order valence-electron chi connectivity index (χ0n) is 13.0. The van der Waals surface area contributed by atoms with Gasteiger partial charge < -0.3 is 4.74 Å². The van der Waals surface area contributed by atoms with Crippen molar-refractivity contribution in [2.45, 2.75) is 32.6 Å². The normalized spacial score (nSPS) is 11.7. The molecule has 2 nitrogen and oxygen atoms in total. The van der Waals surface area contributed by atoms with Crippen LogP contribution < -0.4 is 4.74 Å². The van der Waals surface area contributed by atoms with E-state index in [1.165, 1.54) is 12.1 Å². The minimum Gasteiger partial charge on any atom is -0.493 e. The smallest absolute Gasteiger partial charge is 0.123 e. The van der Waals surface area contributed by atoms with Crippen LogP contribution in [0.5, 0.6) is 5.75 Å². The second-order valence-electron chi connectivity index (χ2n) is 5.50. The molecule has 0 saturated carbocycles. The third-order valence-electron chi connectivity index (χ3n) is 3.65. The van der Waals surface area contributed by atoms with Crippen LogP contribution in [-0.2, 0) is 0 Å². The highest BCUT2D eigenvalue weighted by atomic mass is 19.1. The van der Waals surface area contributed by atoms with E-state index in [4.69, 9.17) is 4.74 Å². The predicted octanol–water partition coefficient (Wildman–Crippen LogP) is 4.91. The van der Waals surface area contributed by atoms with Crippen LogP contribution in [-0.4, -0.2) is 6.61 Å². The van der Waals surface area contributed by atoms with Gasteiger partial charge in [-0.25, -0.2) is 4.39 Å². The summed E-state index contributed by atoms with van der Waals surface area (Å²) in [6, 6.07) is 14.6. The minimum atomic E-state index is -0.301. The van der Waals surface area contributed by atoms with E-state index in [-0.39, 0.29) is 11.7 Å². The summed E-state index contributed by atoms with van der Waals surface area (Å²) in [6.45, 7) is 4.60. The van der Waals surface area contributed by atoms with Crippen molar-refractivity contribution < 1.29 is 9.13 Å². The lowest BCUT2D eigenvalue weighted by Crippen LogP contribution is -2.03. The molecule has 0 N–H and O–H groups in total. The summed E-state index contributed by atoms with van der Waals surface area (Å²) in [7, 11) is 0. The zero-order valence-corrected chi connectivity index (χ0v) is 13.0. The quantitative estimate of drug-likeness (QED) is 0.710. The second-order valence-corrected chi connectivity index (χ2v) is 5.50. The first kappa shape index (κ1) is 16.0. The van der Waals surface area contributed by atoms with E-state index in [9.17, 15) is 9.65 Å². The molecule has 114 valence electrons. The van der Waals surface area contributed by atoms with Gasteiger partial charge in [-0.3, -0.25) is 0 Å². The van der Waals surface area contributed by atoms with Gasteiger partial charge in [-0.05, 0) is 61.6 Å². The van der Waals surface area contributed by atoms with Crippen molar-refractivity contribution in [3.63, 3.8) is 0 Å². The van der Waals surface area contributed by atoms with Crippen molar-refractivity contribution in [3.8, 4) is 11.8 Å². The van der Waals surface area contributed by atoms with Crippen LogP contribution in [0.25, 0.3) is 0 Å². The number of halogens is 1. The summed E-state index contributed by atoms with van der Waals surface area (Å²) in [5.74, 6) is 0.293. The molecule has 1 atom stereocenters. The van der Waals surface area contributed by atoms with Crippen LogP contribution in [0.1, 0.15) is 35.4 Å². The van der Waals surface area contributed by atoms with Crippen molar-refractivity contribution in [2.75, 3.05) is 6.61 Å². The van der Waals surface area contributed by atoms with Gasteiger partial charge in [0.05, 0.1) is 18.6 Å². The lowest BCUT2D eigenvalue weighted by molar-refractivity contribution is 0.303. The molecule has 0 fully saturated rings. The van der Waals surface area contributed by atoms with E-state index < -0.39 is 0 Å². The predicted molar refractivity (Wildman–Crippen MR) is 85.4 cm³/mol. The van der Waals surface area contributed by atoms with Crippen molar-refractivity contribution >= 4 is 0 Å². The molecule has 0 aromatic heterocycles. The molecule has 0 amide bonds. The Kier molecular flexibility index (Phi) is 5.55. The standard InChI is InChI=1S/C19H20FNO/c1-14-8-9-15(2)19(11-14)22-10-4-6-17(13-21)16-5-3-7-18(20)12-16/h3,5,7-9,11-12,17H,4,6,10H2,1-2H3. The molecule has 0 bridgehead atoms. The molecule has 22 heavy (non-hydrogen) atoms. The zero-order chi connectivity index (χ0) is 15.9. The summed E-state index contributed by atoms with van der Waals surface area (Å²) in [5, 5.41) is 9.25. The number of rotatable bonds is 6. The van der Waals surface area contributed by atoms with Crippen LogP contribution in [0.4, 0.5) is 4.39 Å². The maximum absolute atomic E-state index is 13.2. The Morgan fingerprint density at radius 1 is 1.18 bits per heavy atom. The summed E-state index contributed by atoms with van der Waals surface area (Å²) in [5.41, 5.74) is 3.00. The topological polar surface area (TPSA) is 33.0 Å². The Balaban J connectivity index is 1.87. The number of nitriles is 1. The fraction of sp³-hybridized carbons (Fsp3) is 0.316. The number of aryl methyl sites for hydroxylation is 2.